The summed E-state index contributed by atoms with van der Waals surface area (Å²) in [6, 6.07) is 10.7. The maximum absolute atomic E-state index is 10.8. The minimum Gasteiger partial charge on any atom is -0.483 e. The largest absolute Gasteiger partial charge is 0.483 e. The molecule has 6 N–H and O–H groups in total. The van der Waals surface area contributed by atoms with Gasteiger partial charge in [0.1, 0.15) is 11.6 Å². The average Bonchev–Trinajstić information content (AvgIpc) is 2.73. The SMILES string of the molecule is CN(c1ccccn1)S(N)(=O)=O.CNc1ccccn1.NS(=O)(=O)Cl.O=C=NS(=O)(=O)Cl.O=CO. The fraction of sp³-hybridized carbons (Fsp3) is 0.143. The van der Waals surface area contributed by atoms with Crippen molar-refractivity contribution in [3.05, 3.63) is 48.8 Å². The fourth-order valence-electron chi connectivity index (χ4n) is 1.23. The van der Waals surface area contributed by atoms with Gasteiger partial charge in [-0.05, 0) is 24.3 Å². The number of nitrogens with zero attached hydrogens (tertiary/aromatic N) is 4. The molecule has 198 valence electrons. The number of carbonyl (C=O) groups excluding carboxylic acids is 1. The van der Waals surface area contributed by atoms with Crippen LogP contribution in [0.25, 0.3) is 0 Å². The Morgan fingerprint density at radius 3 is 1.66 bits per heavy atom. The van der Waals surface area contributed by atoms with Crippen molar-refractivity contribution in [2.75, 3.05) is 23.7 Å². The van der Waals surface area contributed by atoms with E-state index in [-0.39, 0.29) is 6.47 Å². The van der Waals surface area contributed by atoms with E-state index in [0.29, 0.717) is 5.82 Å². The van der Waals surface area contributed by atoms with Crippen LogP contribution < -0.4 is 19.9 Å². The Balaban J connectivity index is -0.000000393. The minimum atomic E-state index is -4.00. The number of rotatable bonds is 4. The summed E-state index contributed by atoms with van der Waals surface area (Å²) in [7, 11) is 0.471. The molecule has 16 nitrogen and oxygen atoms in total. The third kappa shape index (κ3) is 31.1. The van der Waals surface area contributed by atoms with E-state index in [2.05, 4.69) is 46.2 Å². The Labute approximate surface area is 210 Å². The zero-order valence-electron chi connectivity index (χ0n) is 17.8. The molecular formula is C14H21Cl2N7O9S3. The summed E-state index contributed by atoms with van der Waals surface area (Å²) in [5.41, 5.74) is 0. The molecule has 0 aliphatic carbocycles. The summed E-state index contributed by atoms with van der Waals surface area (Å²) >= 11 is 0. The molecule has 21 heteroatoms. The van der Waals surface area contributed by atoms with Crippen LogP contribution >= 0.6 is 21.4 Å². The van der Waals surface area contributed by atoms with Crippen LogP contribution in [0, 0.1) is 0 Å². The predicted molar refractivity (Wildman–Crippen MR) is 130 cm³/mol. The Hall–Kier alpha value is -2.90. The van der Waals surface area contributed by atoms with E-state index in [1.54, 1.807) is 24.4 Å². The number of hydrogen-bond donors (Lipinski definition) is 4. The highest BCUT2D eigenvalue weighted by Crippen LogP contribution is 2.08. The van der Waals surface area contributed by atoms with E-state index in [1.165, 1.54) is 13.2 Å². The van der Waals surface area contributed by atoms with Gasteiger partial charge in [-0.15, -0.1) is 0 Å². The quantitative estimate of drug-likeness (QED) is 0.154. The number of carboxylic acid groups (broad SMARTS) is 1. The Bertz CT molecular complexity index is 1200. The van der Waals surface area contributed by atoms with Crippen LogP contribution in [0.15, 0.2) is 53.2 Å². The van der Waals surface area contributed by atoms with Gasteiger partial charge in [0.15, 0.2) is 0 Å². The van der Waals surface area contributed by atoms with Gasteiger partial charge in [-0.1, -0.05) is 16.5 Å². The standard InChI is InChI=1S/C6H9N3O2S.C6H8N2.CClNO3S.CH2O2.ClH2NO2S/c1-9(12(7,10)11)6-4-2-3-5-8-6;1-7-6-4-2-3-5-8-6;2-7(5,6)3-1-4;2-1-3;1-5(2,3)4/h2-5H,1H3,(H2,7,10,11);2-5H,1H3,(H,7,8);;1H,(H,2,3);(H2,2,3,4). The van der Waals surface area contributed by atoms with Crippen molar-refractivity contribution in [3.63, 3.8) is 0 Å². The molecule has 0 amide bonds. The lowest BCUT2D eigenvalue weighted by atomic mass is 10.5. The Kier molecular flexibility index (Phi) is 20.3. The molecule has 0 radical (unpaired) electrons. The highest BCUT2D eigenvalue weighted by Gasteiger charge is 2.12. The van der Waals surface area contributed by atoms with Crippen molar-refractivity contribution in [3.8, 4) is 0 Å². The lowest BCUT2D eigenvalue weighted by molar-refractivity contribution is -0.122. The smallest absolute Gasteiger partial charge is 0.350 e. The van der Waals surface area contributed by atoms with Crippen LogP contribution in [-0.4, -0.2) is 67.0 Å². The molecule has 0 fully saturated rings. The fourth-order valence-corrected chi connectivity index (χ4v) is 1.77. The summed E-state index contributed by atoms with van der Waals surface area (Å²) in [6.07, 6.45) is 4.02. The minimum absolute atomic E-state index is 0.250. The average molecular weight is 598 g/mol. The van der Waals surface area contributed by atoms with Crippen molar-refractivity contribution in [2.24, 2.45) is 14.7 Å². The van der Waals surface area contributed by atoms with Gasteiger partial charge in [0.2, 0.25) is 0 Å². The van der Waals surface area contributed by atoms with Gasteiger partial charge in [0.05, 0.1) is 0 Å². The molecule has 0 unspecified atom stereocenters. The summed E-state index contributed by atoms with van der Waals surface area (Å²) in [4.78, 5) is 25.2. The lowest BCUT2D eigenvalue weighted by Crippen LogP contribution is -2.33. The summed E-state index contributed by atoms with van der Waals surface area (Å²) in [6.45, 7) is -0.250. The number of carbonyl (C=O) groups is 1. The van der Waals surface area contributed by atoms with E-state index < -0.39 is 28.7 Å². The second-order valence-corrected chi connectivity index (χ2v) is 10.8. The van der Waals surface area contributed by atoms with E-state index in [4.69, 9.17) is 19.8 Å². The zero-order valence-corrected chi connectivity index (χ0v) is 21.8. The normalized spacial score (nSPS) is 9.77. The molecule has 0 atom stereocenters. The van der Waals surface area contributed by atoms with Crippen LogP contribution in [0.4, 0.5) is 11.6 Å². The predicted octanol–water partition coefficient (Wildman–Crippen LogP) is -0.220. The topological polar surface area (TPSA) is 262 Å². The van der Waals surface area contributed by atoms with E-state index in [9.17, 15) is 25.3 Å². The molecule has 2 aromatic heterocycles. The molecule has 0 aromatic carbocycles. The number of nitrogens with two attached hydrogens (primary N) is 2. The van der Waals surface area contributed by atoms with Gasteiger partial charge in [0, 0.05) is 47.9 Å². The molecule has 2 aromatic rings. The van der Waals surface area contributed by atoms with Gasteiger partial charge in [0.25, 0.3) is 32.0 Å². The lowest BCUT2D eigenvalue weighted by Gasteiger charge is -2.13. The number of anilines is 2. The van der Waals surface area contributed by atoms with E-state index >= 15 is 0 Å². The summed E-state index contributed by atoms with van der Waals surface area (Å²) < 4.78 is 62.2. The van der Waals surface area contributed by atoms with Crippen molar-refractivity contribution in [2.45, 2.75) is 0 Å². The highest BCUT2D eigenvalue weighted by atomic mass is 35.7. The number of isocyanates is 1. The molecule has 0 saturated heterocycles. The highest BCUT2D eigenvalue weighted by molar-refractivity contribution is 8.12. The van der Waals surface area contributed by atoms with Crippen LogP contribution in [0.5, 0.6) is 0 Å². The Morgan fingerprint density at radius 1 is 1.03 bits per heavy atom. The van der Waals surface area contributed by atoms with Crippen LogP contribution in [-0.2, 0) is 38.3 Å². The molecule has 0 aliphatic heterocycles. The molecule has 2 heterocycles. The van der Waals surface area contributed by atoms with Crippen molar-refractivity contribution < 1.29 is 39.9 Å². The van der Waals surface area contributed by atoms with Crippen molar-refractivity contribution in [1.82, 2.24) is 9.97 Å². The van der Waals surface area contributed by atoms with Crippen LogP contribution in [0.3, 0.4) is 0 Å². The second kappa shape index (κ2) is 19.4. The third-order valence-corrected chi connectivity index (χ3v) is 3.87. The number of hydrogen-bond acceptors (Lipinski definition) is 11. The van der Waals surface area contributed by atoms with Gasteiger partial charge in [-0.25, -0.2) is 29.3 Å². The Morgan fingerprint density at radius 2 is 1.46 bits per heavy atom. The van der Waals surface area contributed by atoms with Gasteiger partial charge in [-0.3, -0.25) is 4.79 Å². The van der Waals surface area contributed by atoms with E-state index in [1.807, 2.05) is 25.2 Å². The number of halogens is 2. The summed E-state index contributed by atoms with van der Waals surface area (Å²) in [5.74, 6) is 1.22. The van der Waals surface area contributed by atoms with Crippen molar-refractivity contribution in [1.29, 1.82) is 0 Å². The van der Waals surface area contributed by atoms with Gasteiger partial charge >= 0.3 is 9.24 Å². The maximum Gasteiger partial charge on any atom is 0.350 e. The molecular weight excluding hydrogens is 577 g/mol. The molecule has 0 spiro atoms. The number of nitrogens with one attached hydrogen (secondary N) is 1. The third-order valence-electron chi connectivity index (χ3n) is 2.42. The molecule has 0 saturated carbocycles. The molecule has 0 bridgehead atoms. The molecule has 0 aliphatic rings. The first-order valence-corrected chi connectivity index (χ1v) is 14.2. The first kappa shape index (κ1) is 36.7. The van der Waals surface area contributed by atoms with Crippen LogP contribution in [0.2, 0.25) is 0 Å². The first-order chi connectivity index (χ1) is 15.9. The van der Waals surface area contributed by atoms with Gasteiger partial charge < -0.3 is 10.4 Å². The monoisotopic (exact) mass is 597 g/mol. The van der Waals surface area contributed by atoms with E-state index in [0.717, 1.165) is 16.2 Å². The molecule has 35 heavy (non-hydrogen) atoms. The maximum atomic E-state index is 10.8. The van der Waals surface area contributed by atoms with Crippen LogP contribution in [0.1, 0.15) is 0 Å². The zero-order chi connectivity index (χ0) is 28.1. The number of pyridine rings is 2. The first-order valence-electron chi connectivity index (χ1n) is 8.03. The summed E-state index contributed by atoms with van der Waals surface area (Å²) in [5, 5.41) is 18.8. The second-order valence-electron chi connectivity index (χ2n) is 4.84. The van der Waals surface area contributed by atoms with Gasteiger partial charge in [-0.2, -0.15) is 25.3 Å². The number of aromatic nitrogens is 2. The molecule has 2 rings (SSSR count). The van der Waals surface area contributed by atoms with Crippen molar-refractivity contribution >= 4 is 74.2 Å².